The van der Waals surface area contributed by atoms with Crippen molar-refractivity contribution in [1.82, 2.24) is 0 Å². The van der Waals surface area contributed by atoms with Gasteiger partial charge in [0.25, 0.3) is 0 Å². The molecular weight excluding hydrogens is 432 g/mol. The van der Waals surface area contributed by atoms with Crippen LogP contribution in [0.1, 0.15) is 37.7 Å². The van der Waals surface area contributed by atoms with Crippen molar-refractivity contribution in [2.24, 2.45) is 23.7 Å². The zero-order valence-electron chi connectivity index (χ0n) is 15.4. The number of allylic oxidation sites excluding steroid dienone is 1. The molecule has 0 unspecified atom stereocenters. The average Bonchev–Trinajstić information content (AvgIpc) is 2.56. The van der Waals surface area contributed by atoms with Crippen LogP contribution in [0.4, 0.5) is 13.2 Å². The van der Waals surface area contributed by atoms with Crippen LogP contribution in [0.2, 0.25) is 5.02 Å². The summed E-state index contributed by atoms with van der Waals surface area (Å²) in [4.78, 5) is 18.2. The standard InChI is InChI=1S/C19H21ClF3O5P/c20-15-2-1-12(8-16(15)28-29(24,25)26)18(27-9-19(21,22)23)17-13-4-10-3-11(6-13)7-14(17)5-10/h1-2,8,10-11,13-14H,3-7,9H2,(H2,24,25,26). The minimum atomic E-state index is -4.88. The van der Waals surface area contributed by atoms with Crippen LogP contribution in [-0.4, -0.2) is 22.6 Å². The van der Waals surface area contributed by atoms with Crippen LogP contribution in [0.3, 0.4) is 0 Å². The Balaban J connectivity index is 1.76. The SMILES string of the molecule is O=P(O)(O)Oc1cc(C(OCC(F)(F)F)=C2C3CC4CC(C3)CC2C4)ccc1Cl. The highest BCUT2D eigenvalue weighted by atomic mass is 35.5. The molecule has 10 heteroatoms. The number of phosphoric acid groups is 1. The maximum absolute atomic E-state index is 12.9. The quantitative estimate of drug-likeness (QED) is 0.452. The fourth-order valence-corrected chi connectivity index (χ4v) is 6.01. The van der Waals surface area contributed by atoms with Gasteiger partial charge >= 0.3 is 14.0 Å². The molecule has 0 saturated heterocycles. The monoisotopic (exact) mass is 452 g/mol. The Bertz CT molecular complexity index is 849. The second-order valence-corrected chi connectivity index (χ2v) is 9.79. The molecular formula is C19H21ClF3O5P. The van der Waals surface area contributed by atoms with Crippen LogP contribution < -0.4 is 4.52 Å². The highest BCUT2D eigenvalue weighted by Crippen LogP contribution is 2.58. The van der Waals surface area contributed by atoms with E-state index in [2.05, 4.69) is 4.52 Å². The molecule has 5 nitrogen and oxygen atoms in total. The van der Waals surface area contributed by atoms with Crippen LogP contribution in [-0.2, 0) is 9.30 Å². The van der Waals surface area contributed by atoms with Crippen LogP contribution >= 0.6 is 19.4 Å². The molecule has 4 saturated carbocycles. The number of hydrogen-bond acceptors (Lipinski definition) is 3. The fourth-order valence-electron chi connectivity index (χ4n) is 5.39. The van der Waals surface area contributed by atoms with Crippen molar-refractivity contribution in [2.45, 2.75) is 38.3 Å². The van der Waals surface area contributed by atoms with Crippen molar-refractivity contribution in [2.75, 3.05) is 6.61 Å². The smallest absolute Gasteiger partial charge is 0.484 e. The summed E-state index contributed by atoms with van der Waals surface area (Å²) in [6.07, 6.45) is 0.470. The second-order valence-electron chi connectivity index (χ2n) is 8.22. The topological polar surface area (TPSA) is 76.0 Å². The number of alkyl halides is 3. The van der Waals surface area contributed by atoms with Gasteiger partial charge in [0.15, 0.2) is 12.4 Å². The van der Waals surface area contributed by atoms with E-state index < -0.39 is 20.6 Å². The van der Waals surface area contributed by atoms with Gasteiger partial charge in [0.05, 0.1) is 5.02 Å². The summed E-state index contributed by atoms with van der Waals surface area (Å²) in [6, 6.07) is 4.08. The van der Waals surface area contributed by atoms with E-state index >= 15 is 0 Å². The molecule has 1 aromatic rings. The van der Waals surface area contributed by atoms with E-state index in [9.17, 15) is 17.7 Å². The van der Waals surface area contributed by atoms with Crippen LogP contribution in [0.15, 0.2) is 23.8 Å². The Morgan fingerprint density at radius 2 is 1.69 bits per heavy atom. The number of hydrogen-bond donors (Lipinski definition) is 2. The third-order valence-corrected chi connectivity index (χ3v) is 6.82. The van der Waals surface area contributed by atoms with Crippen molar-refractivity contribution < 1.29 is 36.8 Å². The molecule has 5 rings (SSSR count). The Morgan fingerprint density at radius 3 is 2.21 bits per heavy atom. The molecule has 160 valence electrons. The zero-order chi connectivity index (χ0) is 21.0. The Hall–Kier alpha value is -1.21. The van der Waals surface area contributed by atoms with Gasteiger partial charge in [0.1, 0.15) is 5.76 Å². The number of halogens is 4. The first-order valence-corrected chi connectivity index (χ1v) is 11.4. The van der Waals surface area contributed by atoms with E-state index in [1.807, 2.05) is 0 Å². The molecule has 4 bridgehead atoms. The fraction of sp³-hybridized carbons (Fsp3) is 0.579. The molecule has 0 aromatic heterocycles. The first-order valence-electron chi connectivity index (χ1n) is 9.47. The van der Waals surface area contributed by atoms with Gasteiger partial charge in [0, 0.05) is 5.56 Å². The van der Waals surface area contributed by atoms with Gasteiger partial charge in [-0.3, -0.25) is 9.79 Å². The molecule has 0 radical (unpaired) electrons. The first-order chi connectivity index (χ1) is 13.5. The molecule has 4 aliphatic carbocycles. The lowest BCUT2D eigenvalue weighted by Crippen LogP contribution is -2.41. The lowest BCUT2D eigenvalue weighted by Gasteiger charge is -2.51. The number of benzene rings is 1. The minimum Gasteiger partial charge on any atom is -0.484 e. The van der Waals surface area contributed by atoms with E-state index in [0.29, 0.717) is 11.8 Å². The van der Waals surface area contributed by atoms with Crippen molar-refractivity contribution in [3.63, 3.8) is 0 Å². The van der Waals surface area contributed by atoms with Crippen molar-refractivity contribution >= 4 is 25.2 Å². The summed E-state index contributed by atoms with van der Waals surface area (Å²) in [7, 11) is -4.88. The number of ether oxygens (including phenoxy) is 1. The van der Waals surface area contributed by atoms with Gasteiger partial charge in [-0.2, -0.15) is 13.2 Å². The zero-order valence-corrected chi connectivity index (χ0v) is 17.0. The molecule has 4 fully saturated rings. The molecule has 0 atom stereocenters. The Labute approximate surface area is 171 Å². The normalized spacial score (nSPS) is 28.6. The average molecular weight is 453 g/mol. The van der Waals surface area contributed by atoms with E-state index in [-0.39, 0.29) is 33.9 Å². The predicted molar refractivity (Wildman–Crippen MR) is 100 cm³/mol. The molecule has 0 spiro atoms. The third kappa shape index (κ3) is 4.76. The summed E-state index contributed by atoms with van der Waals surface area (Å²) in [5.74, 6) is 1.43. The van der Waals surface area contributed by atoms with Gasteiger partial charge in [0.2, 0.25) is 0 Å². The minimum absolute atomic E-state index is 0.0534. The van der Waals surface area contributed by atoms with Crippen molar-refractivity contribution in [3.05, 3.63) is 34.4 Å². The van der Waals surface area contributed by atoms with Crippen LogP contribution in [0, 0.1) is 23.7 Å². The summed E-state index contributed by atoms with van der Waals surface area (Å²) in [6.45, 7) is -1.44. The van der Waals surface area contributed by atoms with E-state index in [4.69, 9.17) is 26.1 Å². The number of rotatable bonds is 5. The summed E-state index contributed by atoms with van der Waals surface area (Å²) >= 11 is 5.96. The first kappa shape index (κ1) is 21.0. The van der Waals surface area contributed by atoms with E-state index in [0.717, 1.165) is 31.3 Å². The van der Waals surface area contributed by atoms with Crippen molar-refractivity contribution in [3.8, 4) is 5.75 Å². The molecule has 2 N–H and O–H groups in total. The summed E-state index contributed by atoms with van der Waals surface area (Å²) < 4.78 is 59.9. The number of phosphoric ester groups is 1. The second kappa shape index (κ2) is 7.49. The molecule has 0 heterocycles. The van der Waals surface area contributed by atoms with E-state index in [1.54, 1.807) is 0 Å². The molecule has 4 aliphatic rings. The molecule has 0 amide bonds. The Morgan fingerprint density at radius 1 is 1.10 bits per heavy atom. The van der Waals surface area contributed by atoms with Crippen LogP contribution in [0.25, 0.3) is 5.76 Å². The van der Waals surface area contributed by atoms with Crippen molar-refractivity contribution in [1.29, 1.82) is 0 Å². The Kier molecular flexibility index (Phi) is 5.43. The highest BCUT2D eigenvalue weighted by Gasteiger charge is 2.47. The summed E-state index contributed by atoms with van der Waals surface area (Å²) in [5, 5.41) is -0.0534. The largest absolute Gasteiger partial charge is 0.524 e. The molecule has 29 heavy (non-hydrogen) atoms. The third-order valence-electron chi connectivity index (χ3n) is 6.07. The van der Waals surface area contributed by atoms with Gasteiger partial charge in [-0.1, -0.05) is 11.6 Å². The lowest BCUT2D eigenvalue weighted by atomic mass is 9.54. The van der Waals surface area contributed by atoms with Gasteiger partial charge < -0.3 is 9.26 Å². The molecule has 0 aliphatic heterocycles. The maximum Gasteiger partial charge on any atom is 0.524 e. The van der Waals surface area contributed by atoms with Gasteiger partial charge in [-0.15, -0.1) is 0 Å². The summed E-state index contributed by atoms with van der Waals surface area (Å²) in [5.41, 5.74) is 1.18. The maximum atomic E-state index is 12.9. The predicted octanol–water partition coefficient (Wildman–Crippen LogP) is 5.56. The highest BCUT2D eigenvalue weighted by molar-refractivity contribution is 7.46. The lowest BCUT2D eigenvalue weighted by molar-refractivity contribution is -0.159. The molecule has 1 aromatic carbocycles. The van der Waals surface area contributed by atoms with Crippen LogP contribution in [0.5, 0.6) is 5.75 Å². The van der Waals surface area contributed by atoms with Gasteiger partial charge in [-0.25, -0.2) is 4.57 Å². The van der Waals surface area contributed by atoms with E-state index in [1.165, 1.54) is 24.6 Å². The van der Waals surface area contributed by atoms with Gasteiger partial charge in [-0.05, 0) is 79.5 Å².